The number of hydrogen-bond donors (Lipinski definition) is 2. The van der Waals surface area contributed by atoms with Crippen LogP contribution in [0.2, 0.25) is 5.02 Å². The molecule has 1 aliphatic rings. The molecule has 0 radical (unpaired) electrons. The lowest BCUT2D eigenvalue weighted by Crippen LogP contribution is -2.30. The Kier molecular flexibility index (Phi) is 7.04. The number of benzene rings is 2. The second kappa shape index (κ2) is 10.1. The van der Waals surface area contributed by atoms with Crippen molar-refractivity contribution < 1.29 is 9.53 Å². The molecule has 1 fully saturated rings. The Morgan fingerprint density at radius 1 is 1.24 bits per heavy atom. The topological polar surface area (TPSA) is 66.5 Å². The summed E-state index contributed by atoms with van der Waals surface area (Å²) in [6.45, 7) is 5.21. The van der Waals surface area contributed by atoms with Crippen molar-refractivity contribution in [2.45, 2.75) is 39.2 Å². The Morgan fingerprint density at radius 3 is 2.76 bits per heavy atom. The van der Waals surface area contributed by atoms with Crippen molar-refractivity contribution in [2.75, 3.05) is 18.9 Å². The molecule has 0 aliphatic heterocycles. The number of amides is 2. The van der Waals surface area contributed by atoms with E-state index in [2.05, 4.69) is 59.6 Å². The zero-order valence-corrected chi connectivity index (χ0v) is 19.9. The van der Waals surface area contributed by atoms with Crippen molar-refractivity contribution in [2.24, 2.45) is 0 Å². The summed E-state index contributed by atoms with van der Waals surface area (Å²) in [4.78, 5) is 18.8. The van der Waals surface area contributed by atoms with Gasteiger partial charge in [0.2, 0.25) is 0 Å². The number of halogens is 1. The van der Waals surface area contributed by atoms with Crippen LogP contribution in [0.1, 0.15) is 38.7 Å². The van der Waals surface area contributed by atoms with E-state index in [0.29, 0.717) is 22.2 Å². The average molecular weight is 465 g/mol. The highest BCUT2D eigenvalue weighted by molar-refractivity contribution is 6.33. The van der Waals surface area contributed by atoms with Crippen molar-refractivity contribution in [1.82, 2.24) is 15.2 Å². The number of urea groups is 1. The minimum Gasteiger partial charge on any atom is -0.457 e. The van der Waals surface area contributed by atoms with Crippen LogP contribution in [-0.2, 0) is 0 Å². The maximum atomic E-state index is 12.0. The predicted octanol–water partition coefficient (Wildman–Crippen LogP) is 6.67. The maximum Gasteiger partial charge on any atom is 0.319 e. The van der Waals surface area contributed by atoms with E-state index in [9.17, 15) is 4.79 Å². The van der Waals surface area contributed by atoms with Gasteiger partial charge in [-0.3, -0.25) is 4.98 Å². The standard InChI is InChI=1S/C26H29ClN4O2/c1-4-14-31(3)24(5-2)17-6-10-20-23(15-17)28-13-12-25(20)33-19-9-11-22(21(27)16-19)30-26(32)29-18-7-8-18/h5-6,9-13,15-16,18H,4,7-8,14H2,1-3H3,(H2,29,30,32)/b24-5-. The first-order valence-corrected chi connectivity index (χ1v) is 11.7. The van der Waals surface area contributed by atoms with Crippen LogP contribution >= 0.6 is 11.6 Å². The van der Waals surface area contributed by atoms with Gasteiger partial charge < -0.3 is 20.3 Å². The number of anilines is 1. The van der Waals surface area contributed by atoms with Gasteiger partial charge >= 0.3 is 6.03 Å². The Labute approximate surface area is 199 Å². The third-order valence-corrected chi connectivity index (χ3v) is 5.88. The fourth-order valence-corrected chi connectivity index (χ4v) is 4.01. The van der Waals surface area contributed by atoms with Crippen molar-refractivity contribution in [3.63, 3.8) is 0 Å². The summed E-state index contributed by atoms with van der Waals surface area (Å²) < 4.78 is 6.14. The molecule has 1 heterocycles. The molecule has 0 bridgehead atoms. The molecule has 0 atom stereocenters. The highest BCUT2D eigenvalue weighted by atomic mass is 35.5. The summed E-state index contributed by atoms with van der Waals surface area (Å²) in [6.07, 6.45) is 7.01. The predicted molar refractivity (Wildman–Crippen MR) is 135 cm³/mol. The SMILES string of the molecule is C/C=C(/c1ccc2c(Oc3ccc(NC(=O)NC4CC4)c(Cl)c3)ccnc2c1)N(C)CCC. The molecule has 3 aromatic rings. The molecule has 1 saturated carbocycles. The first kappa shape index (κ1) is 22.9. The minimum absolute atomic E-state index is 0.242. The number of fused-ring (bicyclic) bond motifs is 1. The first-order valence-electron chi connectivity index (χ1n) is 11.3. The zero-order chi connectivity index (χ0) is 23.4. The fraction of sp³-hybridized carbons (Fsp3) is 0.308. The van der Waals surface area contributed by atoms with Crippen LogP contribution < -0.4 is 15.4 Å². The Balaban J connectivity index is 1.53. The lowest BCUT2D eigenvalue weighted by Gasteiger charge is -2.22. The number of carbonyl (C=O) groups is 1. The number of pyridine rings is 1. The Morgan fingerprint density at radius 2 is 2.06 bits per heavy atom. The van der Waals surface area contributed by atoms with Crippen molar-refractivity contribution in [3.8, 4) is 11.5 Å². The average Bonchev–Trinajstić information content (AvgIpc) is 3.60. The summed E-state index contributed by atoms with van der Waals surface area (Å²) in [5, 5.41) is 6.99. The van der Waals surface area contributed by atoms with E-state index >= 15 is 0 Å². The van der Waals surface area contributed by atoms with E-state index < -0.39 is 0 Å². The van der Waals surface area contributed by atoms with Gasteiger partial charge in [0.15, 0.2) is 0 Å². The van der Waals surface area contributed by atoms with Gasteiger partial charge in [0, 0.05) is 43.0 Å². The van der Waals surface area contributed by atoms with Crippen LogP contribution in [0.5, 0.6) is 11.5 Å². The summed E-state index contributed by atoms with van der Waals surface area (Å²) in [7, 11) is 2.10. The molecule has 33 heavy (non-hydrogen) atoms. The molecule has 0 spiro atoms. The number of aromatic nitrogens is 1. The van der Waals surface area contributed by atoms with Crippen molar-refractivity contribution in [1.29, 1.82) is 0 Å². The van der Waals surface area contributed by atoms with Crippen LogP contribution in [0.25, 0.3) is 16.6 Å². The van der Waals surface area contributed by atoms with Crippen LogP contribution in [0.3, 0.4) is 0 Å². The van der Waals surface area contributed by atoms with Gasteiger partial charge in [0.05, 0.1) is 16.2 Å². The third kappa shape index (κ3) is 5.57. The molecule has 1 aromatic heterocycles. The lowest BCUT2D eigenvalue weighted by atomic mass is 10.1. The second-order valence-electron chi connectivity index (χ2n) is 8.25. The third-order valence-electron chi connectivity index (χ3n) is 5.57. The molecule has 1 aliphatic carbocycles. The summed E-state index contributed by atoms with van der Waals surface area (Å²) >= 11 is 6.39. The van der Waals surface area contributed by atoms with Crippen LogP contribution in [0.4, 0.5) is 10.5 Å². The van der Waals surface area contributed by atoms with Crippen LogP contribution in [0.15, 0.2) is 54.7 Å². The number of hydrogen-bond acceptors (Lipinski definition) is 4. The highest BCUT2D eigenvalue weighted by Crippen LogP contribution is 2.34. The largest absolute Gasteiger partial charge is 0.457 e. The molecule has 172 valence electrons. The fourth-order valence-electron chi connectivity index (χ4n) is 3.79. The number of rotatable bonds is 8. The van der Waals surface area contributed by atoms with Gasteiger partial charge in [0.1, 0.15) is 11.5 Å². The van der Waals surface area contributed by atoms with E-state index in [1.54, 1.807) is 24.4 Å². The van der Waals surface area contributed by atoms with Crippen LogP contribution in [0, 0.1) is 0 Å². The van der Waals surface area contributed by atoms with Gasteiger partial charge in [-0.05, 0) is 62.1 Å². The molecular formula is C26H29ClN4O2. The molecule has 2 N–H and O–H groups in total. The Hall–Kier alpha value is -3.25. The molecule has 2 amide bonds. The smallest absolute Gasteiger partial charge is 0.319 e. The van der Waals surface area contributed by atoms with E-state index in [-0.39, 0.29) is 12.1 Å². The molecular weight excluding hydrogens is 436 g/mol. The molecule has 7 heteroatoms. The lowest BCUT2D eigenvalue weighted by molar-refractivity contribution is 0.251. The summed E-state index contributed by atoms with van der Waals surface area (Å²) in [5.41, 5.74) is 3.69. The molecule has 2 aromatic carbocycles. The number of carbonyl (C=O) groups excluding carboxylic acids is 1. The monoisotopic (exact) mass is 464 g/mol. The minimum atomic E-state index is -0.242. The van der Waals surface area contributed by atoms with Crippen molar-refractivity contribution in [3.05, 3.63) is 65.3 Å². The molecule has 0 unspecified atom stereocenters. The van der Waals surface area contributed by atoms with Crippen molar-refractivity contribution >= 4 is 39.9 Å². The van der Waals surface area contributed by atoms with Gasteiger partial charge in [-0.2, -0.15) is 0 Å². The number of ether oxygens (including phenoxy) is 1. The zero-order valence-electron chi connectivity index (χ0n) is 19.2. The number of nitrogens with one attached hydrogen (secondary N) is 2. The molecule has 0 saturated heterocycles. The van der Waals surface area contributed by atoms with E-state index in [4.69, 9.17) is 16.3 Å². The molecule has 4 rings (SSSR count). The number of allylic oxidation sites excluding steroid dienone is 1. The van der Waals surface area contributed by atoms with E-state index in [0.717, 1.165) is 42.3 Å². The Bertz CT molecular complexity index is 1190. The van der Waals surface area contributed by atoms with Crippen LogP contribution in [-0.4, -0.2) is 35.5 Å². The normalized spacial score (nSPS) is 13.6. The second-order valence-corrected chi connectivity index (χ2v) is 8.66. The summed E-state index contributed by atoms with van der Waals surface area (Å²) in [6, 6.07) is 13.3. The first-order chi connectivity index (χ1) is 16.0. The highest BCUT2D eigenvalue weighted by Gasteiger charge is 2.23. The van der Waals surface area contributed by atoms with Gasteiger partial charge in [-0.15, -0.1) is 0 Å². The van der Waals surface area contributed by atoms with E-state index in [1.807, 2.05) is 12.1 Å². The summed E-state index contributed by atoms with van der Waals surface area (Å²) in [5.74, 6) is 1.28. The maximum absolute atomic E-state index is 12.0. The van der Waals surface area contributed by atoms with Gasteiger partial charge in [0.25, 0.3) is 0 Å². The molecule has 6 nitrogen and oxygen atoms in total. The van der Waals surface area contributed by atoms with Gasteiger partial charge in [-0.1, -0.05) is 30.7 Å². The van der Waals surface area contributed by atoms with E-state index in [1.165, 1.54) is 5.70 Å². The number of nitrogens with zero attached hydrogens (tertiary/aromatic N) is 2. The van der Waals surface area contributed by atoms with Gasteiger partial charge in [-0.25, -0.2) is 4.79 Å². The quantitative estimate of drug-likeness (QED) is 0.390.